The van der Waals surface area contributed by atoms with Gasteiger partial charge in [-0.1, -0.05) is 18.2 Å². The average molecular weight is 435 g/mol. The quantitative estimate of drug-likeness (QED) is 0.207. The summed E-state index contributed by atoms with van der Waals surface area (Å²) in [5.74, 6) is 0.180. The van der Waals surface area contributed by atoms with Crippen LogP contribution in [0.5, 0.6) is 0 Å². The second-order valence-corrected chi connectivity index (χ2v) is 6.78. The monoisotopic (exact) mass is 434 g/mol. The average Bonchev–Trinajstić information content (AvgIpc) is 3.18. The predicted molar refractivity (Wildman–Crippen MR) is 125 cm³/mol. The number of benzene rings is 1. The van der Waals surface area contributed by atoms with Crippen molar-refractivity contribution in [2.45, 2.75) is 13.5 Å². The Kier molecular flexibility index (Phi) is 8.04. The molecule has 10 heteroatoms. The van der Waals surface area contributed by atoms with Crippen LogP contribution < -0.4 is 16.0 Å². The van der Waals surface area contributed by atoms with E-state index in [-0.39, 0.29) is 5.91 Å². The van der Waals surface area contributed by atoms with Crippen LogP contribution in [0.25, 0.3) is 11.0 Å². The van der Waals surface area contributed by atoms with Crippen LogP contribution in [0.3, 0.4) is 0 Å². The van der Waals surface area contributed by atoms with Gasteiger partial charge in [-0.15, -0.1) is 0 Å². The maximum Gasteiger partial charge on any atom is 0.248 e. The third-order valence-corrected chi connectivity index (χ3v) is 4.34. The summed E-state index contributed by atoms with van der Waals surface area (Å²) in [6, 6.07) is 7.58. The normalized spacial score (nSPS) is 11.6. The molecule has 0 bridgehead atoms. The summed E-state index contributed by atoms with van der Waals surface area (Å²) in [6.45, 7) is 3.45. The number of anilines is 2. The number of hydrogen-bond acceptors (Lipinski definition) is 8. The van der Waals surface area contributed by atoms with Crippen molar-refractivity contribution in [1.29, 1.82) is 5.41 Å². The molecule has 2 aromatic heterocycles. The highest BCUT2D eigenvalue weighted by molar-refractivity contribution is 5.99. The molecule has 4 N–H and O–H groups in total. The molecular formula is C22H26N8O2. The molecule has 0 unspecified atom stereocenters. The Bertz CT molecular complexity index is 1140. The van der Waals surface area contributed by atoms with Gasteiger partial charge in [-0.3, -0.25) is 4.79 Å². The third kappa shape index (κ3) is 6.22. The molecule has 0 atom stereocenters. The fourth-order valence-corrected chi connectivity index (χ4v) is 2.88. The van der Waals surface area contributed by atoms with Gasteiger partial charge in [0.25, 0.3) is 0 Å². The van der Waals surface area contributed by atoms with Gasteiger partial charge in [0.1, 0.15) is 0 Å². The fourth-order valence-electron chi connectivity index (χ4n) is 2.88. The zero-order valence-corrected chi connectivity index (χ0v) is 18.0. The highest BCUT2D eigenvalue weighted by atomic mass is 16.5. The lowest BCUT2D eigenvalue weighted by atomic mass is 10.2. The van der Waals surface area contributed by atoms with E-state index in [0.717, 1.165) is 10.9 Å². The minimum Gasteiger partial charge on any atom is -0.387 e. The Hall–Kier alpha value is -4.05. The maximum atomic E-state index is 11.8. The topological polar surface area (TPSA) is 130 Å². The lowest BCUT2D eigenvalue weighted by Crippen LogP contribution is -2.16. The van der Waals surface area contributed by atoms with Gasteiger partial charge >= 0.3 is 0 Å². The van der Waals surface area contributed by atoms with Gasteiger partial charge in [-0.05, 0) is 30.7 Å². The number of carbonyl (C=O) groups excluding carboxylic acids is 1. The van der Waals surface area contributed by atoms with Gasteiger partial charge in [0, 0.05) is 38.0 Å². The Morgan fingerprint density at radius 1 is 1.28 bits per heavy atom. The molecule has 10 nitrogen and oxygen atoms in total. The Morgan fingerprint density at radius 3 is 2.94 bits per heavy atom. The SMILES string of the molecule is C/C=C/C(=O)Nc1cccc(Cn2ncc3cnc(N/C(C=N)=C/NCCOC)nc32)c1. The molecule has 32 heavy (non-hydrogen) atoms. The summed E-state index contributed by atoms with van der Waals surface area (Å²) in [6.07, 6.45) is 9.40. The van der Waals surface area contributed by atoms with Crippen molar-refractivity contribution in [2.75, 3.05) is 30.9 Å². The van der Waals surface area contributed by atoms with E-state index in [1.807, 2.05) is 24.3 Å². The van der Waals surface area contributed by atoms with Crippen LogP contribution in [-0.2, 0) is 16.1 Å². The summed E-state index contributed by atoms with van der Waals surface area (Å²) in [4.78, 5) is 20.7. The zero-order valence-electron chi connectivity index (χ0n) is 18.0. The van der Waals surface area contributed by atoms with Crippen molar-refractivity contribution in [2.24, 2.45) is 0 Å². The van der Waals surface area contributed by atoms with Gasteiger partial charge in [0.15, 0.2) is 5.65 Å². The first-order valence-electron chi connectivity index (χ1n) is 10.0. The number of allylic oxidation sites excluding steroid dienone is 2. The largest absolute Gasteiger partial charge is 0.387 e. The van der Waals surface area contributed by atoms with Crippen molar-refractivity contribution < 1.29 is 9.53 Å². The predicted octanol–water partition coefficient (Wildman–Crippen LogP) is 2.53. The zero-order chi connectivity index (χ0) is 22.8. The molecular weight excluding hydrogens is 408 g/mol. The first-order valence-corrected chi connectivity index (χ1v) is 10.0. The van der Waals surface area contributed by atoms with E-state index in [2.05, 4.69) is 31.0 Å². The van der Waals surface area contributed by atoms with Crippen LogP contribution in [0.1, 0.15) is 12.5 Å². The molecule has 0 fully saturated rings. The molecule has 0 aliphatic rings. The molecule has 0 saturated heterocycles. The Balaban J connectivity index is 1.76. The molecule has 0 radical (unpaired) electrons. The molecule has 1 amide bonds. The molecule has 2 heterocycles. The second kappa shape index (κ2) is 11.4. The number of aromatic nitrogens is 4. The number of amides is 1. The molecule has 0 aliphatic carbocycles. The van der Waals surface area contributed by atoms with Crippen LogP contribution in [0.2, 0.25) is 0 Å². The number of hydrogen-bond donors (Lipinski definition) is 4. The number of nitrogens with one attached hydrogen (secondary N) is 4. The molecule has 1 aromatic carbocycles. The summed E-state index contributed by atoms with van der Waals surface area (Å²) in [7, 11) is 1.63. The van der Waals surface area contributed by atoms with Gasteiger partial charge in [-0.2, -0.15) is 10.1 Å². The van der Waals surface area contributed by atoms with E-state index in [4.69, 9.17) is 10.1 Å². The minimum absolute atomic E-state index is 0.176. The lowest BCUT2D eigenvalue weighted by molar-refractivity contribution is -0.111. The summed E-state index contributed by atoms with van der Waals surface area (Å²) < 4.78 is 6.75. The van der Waals surface area contributed by atoms with Crippen LogP contribution in [0.15, 0.2) is 60.7 Å². The number of carbonyl (C=O) groups is 1. The van der Waals surface area contributed by atoms with E-state index >= 15 is 0 Å². The summed E-state index contributed by atoms with van der Waals surface area (Å²) >= 11 is 0. The summed E-state index contributed by atoms with van der Waals surface area (Å²) in [5.41, 5.74) is 2.84. The van der Waals surface area contributed by atoms with Crippen molar-refractivity contribution in [3.8, 4) is 0 Å². The van der Waals surface area contributed by atoms with Crippen LogP contribution in [0, 0.1) is 5.41 Å². The number of ether oxygens (including phenoxy) is 1. The van der Waals surface area contributed by atoms with Gasteiger partial charge < -0.3 is 26.1 Å². The van der Waals surface area contributed by atoms with Crippen molar-refractivity contribution in [3.05, 3.63) is 66.3 Å². The maximum absolute atomic E-state index is 11.8. The minimum atomic E-state index is -0.176. The molecule has 3 aromatic rings. The van der Waals surface area contributed by atoms with E-state index in [9.17, 15) is 4.79 Å². The first-order chi connectivity index (χ1) is 15.6. The first kappa shape index (κ1) is 22.6. The standard InChI is InChI=1S/C22H26N8O2/c1-3-5-20(31)27-18-7-4-6-16(10-18)15-30-21-17(13-26-30)12-25-22(29-21)28-19(11-23)14-24-8-9-32-2/h3-7,10-14,23-24H,8-9,15H2,1-2H3,(H,27,31)(H,25,28,29)/b5-3+,19-14+,23-11?. The van der Waals surface area contributed by atoms with E-state index in [1.54, 1.807) is 43.4 Å². The highest BCUT2D eigenvalue weighted by Gasteiger charge is 2.09. The van der Waals surface area contributed by atoms with Gasteiger partial charge in [-0.25, -0.2) is 9.67 Å². The number of nitrogens with zero attached hydrogens (tertiary/aromatic N) is 4. The van der Waals surface area contributed by atoms with Crippen molar-refractivity contribution in [1.82, 2.24) is 25.1 Å². The van der Waals surface area contributed by atoms with E-state index < -0.39 is 0 Å². The summed E-state index contributed by atoms with van der Waals surface area (Å²) in [5, 5.41) is 21.7. The van der Waals surface area contributed by atoms with E-state index in [0.29, 0.717) is 42.7 Å². The Labute approximate surface area is 185 Å². The second-order valence-electron chi connectivity index (χ2n) is 6.78. The Morgan fingerprint density at radius 2 is 2.16 bits per heavy atom. The molecule has 166 valence electrons. The molecule has 0 aliphatic heterocycles. The number of fused-ring (bicyclic) bond motifs is 1. The van der Waals surface area contributed by atoms with Gasteiger partial charge in [0.2, 0.25) is 11.9 Å². The molecule has 3 rings (SSSR count). The van der Waals surface area contributed by atoms with E-state index in [1.165, 1.54) is 12.3 Å². The molecule has 0 spiro atoms. The van der Waals surface area contributed by atoms with Crippen molar-refractivity contribution >= 4 is 34.8 Å². The highest BCUT2D eigenvalue weighted by Crippen LogP contribution is 2.17. The van der Waals surface area contributed by atoms with Crippen LogP contribution >= 0.6 is 0 Å². The van der Waals surface area contributed by atoms with Crippen LogP contribution in [0.4, 0.5) is 11.6 Å². The fraction of sp³-hybridized carbons (Fsp3) is 0.227. The number of methoxy groups -OCH3 is 1. The smallest absolute Gasteiger partial charge is 0.248 e. The lowest BCUT2D eigenvalue weighted by Gasteiger charge is -2.08. The van der Waals surface area contributed by atoms with Gasteiger partial charge in [0.05, 0.1) is 30.4 Å². The van der Waals surface area contributed by atoms with Crippen LogP contribution in [-0.4, -0.2) is 52.1 Å². The van der Waals surface area contributed by atoms with Crippen molar-refractivity contribution in [3.63, 3.8) is 0 Å². The number of rotatable bonds is 11. The molecule has 0 saturated carbocycles. The third-order valence-electron chi connectivity index (χ3n) is 4.34.